The molecule has 0 bridgehead atoms. The van der Waals surface area contributed by atoms with Crippen molar-refractivity contribution in [2.45, 2.75) is 6.61 Å². The van der Waals surface area contributed by atoms with E-state index in [2.05, 4.69) is 26.2 Å². The molecule has 20 heavy (non-hydrogen) atoms. The molecule has 1 N–H and O–H groups in total. The second-order valence-electron chi connectivity index (χ2n) is 3.94. The normalized spacial score (nSPS) is 10.1. The Morgan fingerprint density at radius 1 is 1.30 bits per heavy atom. The zero-order chi connectivity index (χ0) is 14.5. The van der Waals surface area contributed by atoms with Crippen LogP contribution in [0.2, 0.25) is 0 Å². The van der Waals surface area contributed by atoms with Crippen molar-refractivity contribution < 1.29 is 9.66 Å². The first-order valence-electron chi connectivity index (χ1n) is 5.80. The van der Waals surface area contributed by atoms with Gasteiger partial charge in [-0.15, -0.1) is 0 Å². The van der Waals surface area contributed by atoms with Crippen LogP contribution >= 0.6 is 15.9 Å². The highest BCUT2D eigenvalue weighted by Crippen LogP contribution is 2.27. The molecule has 104 valence electrons. The van der Waals surface area contributed by atoms with Crippen LogP contribution in [-0.2, 0) is 6.61 Å². The van der Waals surface area contributed by atoms with Crippen molar-refractivity contribution in [2.24, 2.45) is 0 Å². The topological polar surface area (TPSA) is 77.3 Å². The van der Waals surface area contributed by atoms with Gasteiger partial charge in [0.25, 0.3) is 5.88 Å². The minimum absolute atomic E-state index is 0.00442. The van der Waals surface area contributed by atoms with Gasteiger partial charge in [0.1, 0.15) is 12.4 Å². The Hall–Kier alpha value is -2.15. The summed E-state index contributed by atoms with van der Waals surface area (Å²) in [6, 6.07) is 10.4. The van der Waals surface area contributed by atoms with Crippen LogP contribution in [0.5, 0.6) is 5.88 Å². The van der Waals surface area contributed by atoms with Gasteiger partial charge in [0.15, 0.2) is 0 Å². The van der Waals surface area contributed by atoms with Crippen molar-refractivity contribution in [3.8, 4) is 5.88 Å². The van der Waals surface area contributed by atoms with Crippen molar-refractivity contribution in [2.75, 3.05) is 12.4 Å². The van der Waals surface area contributed by atoms with E-state index in [4.69, 9.17) is 4.74 Å². The molecule has 0 saturated carbocycles. The monoisotopic (exact) mass is 337 g/mol. The zero-order valence-corrected chi connectivity index (χ0v) is 12.3. The summed E-state index contributed by atoms with van der Waals surface area (Å²) in [4.78, 5) is 14.5. The Kier molecular flexibility index (Phi) is 4.52. The highest BCUT2D eigenvalue weighted by Gasteiger charge is 2.17. The summed E-state index contributed by atoms with van der Waals surface area (Å²) in [5.74, 6) is 0.520. The summed E-state index contributed by atoms with van der Waals surface area (Å²) in [6.45, 7) is 0.217. The summed E-state index contributed by atoms with van der Waals surface area (Å²) in [5.41, 5.74) is 0.750. The lowest BCUT2D eigenvalue weighted by Crippen LogP contribution is -2.03. The van der Waals surface area contributed by atoms with Crippen LogP contribution in [0.15, 0.2) is 40.9 Å². The fraction of sp³-hybridized carbons (Fsp3) is 0.154. The van der Waals surface area contributed by atoms with Crippen LogP contribution in [0.4, 0.5) is 11.5 Å². The second kappa shape index (κ2) is 6.33. The Labute approximate surface area is 124 Å². The minimum Gasteiger partial charge on any atom is -0.468 e. The summed E-state index contributed by atoms with van der Waals surface area (Å²) < 4.78 is 6.42. The van der Waals surface area contributed by atoms with Gasteiger partial charge in [-0.05, 0) is 23.8 Å². The van der Waals surface area contributed by atoms with Gasteiger partial charge in [0.05, 0.1) is 4.92 Å². The molecular weight excluding hydrogens is 326 g/mol. The first-order chi connectivity index (χ1) is 9.60. The number of anilines is 1. The molecule has 0 unspecified atom stereocenters. The first-order valence-corrected chi connectivity index (χ1v) is 6.60. The number of rotatable bonds is 5. The van der Waals surface area contributed by atoms with E-state index in [0.717, 1.165) is 10.0 Å². The molecular formula is C13H12BrN3O3. The van der Waals surface area contributed by atoms with Gasteiger partial charge in [-0.25, -0.2) is 0 Å². The van der Waals surface area contributed by atoms with Gasteiger partial charge in [-0.2, -0.15) is 4.98 Å². The van der Waals surface area contributed by atoms with Crippen LogP contribution in [-0.4, -0.2) is 17.0 Å². The molecule has 0 amide bonds. The zero-order valence-electron chi connectivity index (χ0n) is 10.7. The fourth-order valence-corrected chi connectivity index (χ4v) is 1.81. The molecule has 0 radical (unpaired) electrons. The van der Waals surface area contributed by atoms with Crippen LogP contribution in [0, 0.1) is 10.1 Å². The molecule has 0 atom stereocenters. The summed E-state index contributed by atoms with van der Waals surface area (Å²) in [6.07, 6.45) is 0. The van der Waals surface area contributed by atoms with E-state index in [-0.39, 0.29) is 18.2 Å². The van der Waals surface area contributed by atoms with Gasteiger partial charge in [-0.1, -0.05) is 28.1 Å². The SMILES string of the molecule is CNc1ccc([N+](=O)[O-])c(OCc2ccc(Br)cc2)n1. The van der Waals surface area contributed by atoms with E-state index in [1.54, 1.807) is 7.05 Å². The van der Waals surface area contributed by atoms with E-state index in [1.165, 1.54) is 12.1 Å². The molecule has 1 aromatic heterocycles. The van der Waals surface area contributed by atoms with Crippen molar-refractivity contribution in [1.82, 2.24) is 4.98 Å². The maximum absolute atomic E-state index is 10.9. The predicted octanol–water partition coefficient (Wildman–Crippen LogP) is 3.37. The van der Waals surface area contributed by atoms with Crippen molar-refractivity contribution in [3.63, 3.8) is 0 Å². The third-order valence-electron chi connectivity index (χ3n) is 2.58. The molecule has 2 aromatic rings. The van der Waals surface area contributed by atoms with Gasteiger partial charge in [0.2, 0.25) is 0 Å². The number of hydrogen-bond donors (Lipinski definition) is 1. The van der Waals surface area contributed by atoms with Gasteiger partial charge in [0, 0.05) is 17.6 Å². The van der Waals surface area contributed by atoms with E-state index in [9.17, 15) is 10.1 Å². The number of nitrogens with one attached hydrogen (secondary N) is 1. The van der Waals surface area contributed by atoms with Crippen molar-refractivity contribution >= 4 is 27.4 Å². The Morgan fingerprint density at radius 2 is 2.00 bits per heavy atom. The van der Waals surface area contributed by atoms with Crippen LogP contribution in [0.25, 0.3) is 0 Å². The third kappa shape index (κ3) is 3.45. The van der Waals surface area contributed by atoms with E-state index in [1.807, 2.05) is 24.3 Å². The van der Waals surface area contributed by atoms with Crippen LogP contribution in [0.1, 0.15) is 5.56 Å². The molecule has 0 spiro atoms. The summed E-state index contributed by atoms with van der Waals surface area (Å²) in [5, 5.41) is 13.8. The molecule has 0 aliphatic rings. The van der Waals surface area contributed by atoms with Crippen molar-refractivity contribution in [1.29, 1.82) is 0 Å². The Morgan fingerprint density at radius 3 is 2.60 bits per heavy atom. The molecule has 1 aromatic carbocycles. The Bertz CT molecular complexity index is 617. The van der Waals surface area contributed by atoms with E-state index >= 15 is 0 Å². The number of aromatic nitrogens is 1. The van der Waals surface area contributed by atoms with Gasteiger partial charge < -0.3 is 10.1 Å². The number of ether oxygens (including phenoxy) is 1. The fourth-order valence-electron chi connectivity index (χ4n) is 1.55. The number of hydrogen-bond acceptors (Lipinski definition) is 5. The highest BCUT2D eigenvalue weighted by atomic mass is 79.9. The lowest BCUT2D eigenvalue weighted by atomic mass is 10.2. The molecule has 6 nitrogen and oxygen atoms in total. The highest BCUT2D eigenvalue weighted by molar-refractivity contribution is 9.10. The van der Waals surface area contributed by atoms with Gasteiger partial charge >= 0.3 is 5.69 Å². The maximum Gasteiger partial charge on any atom is 0.331 e. The summed E-state index contributed by atoms with van der Waals surface area (Å²) in [7, 11) is 1.69. The number of pyridine rings is 1. The van der Waals surface area contributed by atoms with Crippen LogP contribution in [0.3, 0.4) is 0 Å². The van der Waals surface area contributed by atoms with Crippen LogP contribution < -0.4 is 10.1 Å². The molecule has 1 heterocycles. The lowest BCUT2D eigenvalue weighted by Gasteiger charge is -2.07. The van der Waals surface area contributed by atoms with E-state index < -0.39 is 4.92 Å². The molecule has 0 fully saturated rings. The second-order valence-corrected chi connectivity index (χ2v) is 4.86. The average molecular weight is 338 g/mol. The van der Waals surface area contributed by atoms with E-state index in [0.29, 0.717) is 5.82 Å². The predicted molar refractivity (Wildman–Crippen MR) is 78.9 cm³/mol. The standard InChI is InChI=1S/C13H12BrN3O3/c1-15-12-7-6-11(17(18)19)13(16-12)20-8-9-2-4-10(14)5-3-9/h2-7H,8H2,1H3,(H,15,16). The number of halogens is 1. The van der Waals surface area contributed by atoms with Gasteiger partial charge in [-0.3, -0.25) is 10.1 Å². The minimum atomic E-state index is -0.511. The molecule has 0 saturated heterocycles. The first kappa shape index (κ1) is 14.3. The number of benzene rings is 1. The lowest BCUT2D eigenvalue weighted by molar-refractivity contribution is -0.386. The molecule has 0 aliphatic carbocycles. The number of nitrogens with zero attached hydrogens (tertiary/aromatic N) is 2. The molecule has 7 heteroatoms. The maximum atomic E-state index is 10.9. The summed E-state index contributed by atoms with van der Waals surface area (Å²) >= 11 is 3.34. The molecule has 0 aliphatic heterocycles. The largest absolute Gasteiger partial charge is 0.468 e. The smallest absolute Gasteiger partial charge is 0.331 e. The Balaban J connectivity index is 2.18. The average Bonchev–Trinajstić information content (AvgIpc) is 2.46. The van der Waals surface area contributed by atoms with Crippen molar-refractivity contribution in [3.05, 3.63) is 56.5 Å². The third-order valence-corrected chi connectivity index (χ3v) is 3.11. The quantitative estimate of drug-likeness (QED) is 0.668. The number of nitro groups is 1. The molecule has 2 rings (SSSR count).